The first-order valence-electron chi connectivity index (χ1n) is 6.67. The summed E-state index contributed by atoms with van der Waals surface area (Å²) >= 11 is 5.93. The minimum atomic E-state index is 0.456. The number of rotatable bonds is 3. The fraction of sp³-hybridized carbons (Fsp3) is 0.533. The molecule has 1 aromatic carbocycles. The third kappa shape index (κ3) is 3.17. The van der Waals surface area contributed by atoms with Crippen LogP contribution in [-0.4, -0.2) is 6.04 Å². The van der Waals surface area contributed by atoms with Crippen molar-refractivity contribution in [3.8, 4) is 6.07 Å². The third-order valence-electron chi connectivity index (χ3n) is 3.84. The minimum Gasteiger partial charge on any atom is -0.382 e. The van der Waals surface area contributed by atoms with Crippen LogP contribution < -0.4 is 5.32 Å². The number of nitrogens with zero attached hydrogens (tertiary/aromatic N) is 1. The van der Waals surface area contributed by atoms with Crippen molar-refractivity contribution in [1.82, 2.24) is 0 Å². The van der Waals surface area contributed by atoms with Gasteiger partial charge in [-0.1, -0.05) is 30.9 Å². The summed E-state index contributed by atoms with van der Waals surface area (Å²) in [7, 11) is 0. The van der Waals surface area contributed by atoms with E-state index in [4.69, 9.17) is 16.9 Å². The van der Waals surface area contributed by atoms with Crippen molar-refractivity contribution in [3.05, 3.63) is 28.8 Å². The van der Waals surface area contributed by atoms with Crippen LogP contribution in [0, 0.1) is 17.2 Å². The van der Waals surface area contributed by atoms with Gasteiger partial charge in [-0.05, 0) is 43.9 Å². The van der Waals surface area contributed by atoms with Crippen molar-refractivity contribution < 1.29 is 0 Å². The van der Waals surface area contributed by atoms with Crippen molar-refractivity contribution in [2.24, 2.45) is 5.92 Å². The van der Waals surface area contributed by atoms with Crippen molar-refractivity contribution in [2.45, 2.75) is 45.1 Å². The number of anilines is 1. The van der Waals surface area contributed by atoms with Crippen LogP contribution >= 0.6 is 11.6 Å². The molecule has 0 amide bonds. The third-order valence-corrected chi connectivity index (χ3v) is 4.17. The number of nitriles is 1. The van der Waals surface area contributed by atoms with E-state index >= 15 is 0 Å². The zero-order valence-electron chi connectivity index (χ0n) is 10.7. The molecule has 1 aromatic rings. The van der Waals surface area contributed by atoms with Crippen LogP contribution in [0.25, 0.3) is 0 Å². The molecule has 0 aromatic heterocycles. The zero-order valence-corrected chi connectivity index (χ0v) is 11.5. The SMILES string of the molecule is CC(Nc1ccc(Cl)c(C#N)c1)C1CCCCC1. The summed E-state index contributed by atoms with van der Waals surface area (Å²) < 4.78 is 0. The fourth-order valence-corrected chi connectivity index (χ4v) is 2.88. The molecule has 1 N–H and O–H groups in total. The van der Waals surface area contributed by atoms with Gasteiger partial charge in [-0.25, -0.2) is 0 Å². The number of hydrogen-bond acceptors (Lipinski definition) is 2. The van der Waals surface area contributed by atoms with Gasteiger partial charge in [0.05, 0.1) is 10.6 Å². The molecule has 0 aliphatic heterocycles. The van der Waals surface area contributed by atoms with E-state index in [0.29, 0.717) is 16.6 Å². The fourth-order valence-electron chi connectivity index (χ4n) is 2.72. The van der Waals surface area contributed by atoms with Crippen molar-refractivity contribution in [1.29, 1.82) is 5.26 Å². The summed E-state index contributed by atoms with van der Waals surface area (Å²) in [6.07, 6.45) is 6.70. The van der Waals surface area contributed by atoms with E-state index in [0.717, 1.165) is 11.6 Å². The summed E-state index contributed by atoms with van der Waals surface area (Å²) in [4.78, 5) is 0. The molecule has 0 saturated heterocycles. The van der Waals surface area contributed by atoms with Crippen LogP contribution in [0.3, 0.4) is 0 Å². The Morgan fingerprint density at radius 1 is 1.33 bits per heavy atom. The van der Waals surface area contributed by atoms with Crippen LogP contribution in [0.1, 0.15) is 44.6 Å². The van der Waals surface area contributed by atoms with Gasteiger partial charge in [0.1, 0.15) is 6.07 Å². The highest BCUT2D eigenvalue weighted by Crippen LogP contribution is 2.28. The van der Waals surface area contributed by atoms with Gasteiger partial charge in [0.25, 0.3) is 0 Å². The highest BCUT2D eigenvalue weighted by molar-refractivity contribution is 6.31. The topological polar surface area (TPSA) is 35.8 Å². The molecule has 0 bridgehead atoms. The molecule has 1 unspecified atom stereocenters. The molecule has 18 heavy (non-hydrogen) atoms. The minimum absolute atomic E-state index is 0.456. The van der Waals surface area contributed by atoms with E-state index in [1.807, 2.05) is 12.1 Å². The van der Waals surface area contributed by atoms with Gasteiger partial charge in [0.15, 0.2) is 0 Å². The number of nitrogens with one attached hydrogen (secondary N) is 1. The van der Waals surface area contributed by atoms with Crippen LogP contribution in [0.15, 0.2) is 18.2 Å². The lowest BCUT2D eigenvalue weighted by molar-refractivity contribution is 0.328. The van der Waals surface area contributed by atoms with Crippen molar-refractivity contribution in [2.75, 3.05) is 5.32 Å². The van der Waals surface area contributed by atoms with E-state index in [9.17, 15) is 0 Å². The van der Waals surface area contributed by atoms with E-state index in [1.165, 1.54) is 32.1 Å². The number of benzene rings is 1. The van der Waals surface area contributed by atoms with Gasteiger partial charge in [0.2, 0.25) is 0 Å². The highest BCUT2D eigenvalue weighted by Gasteiger charge is 2.19. The average molecular weight is 263 g/mol. The molecule has 0 heterocycles. The maximum absolute atomic E-state index is 8.96. The number of hydrogen-bond donors (Lipinski definition) is 1. The van der Waals surface area contributed by atoms with Gasteiger partial charge in [-0.3, -0.25) is 0 Å². The average Bonchev–Trinajstić information content (AvgIpc) is 2.42. The Morgan fingerprint density at radius 2 is 2.06 bits per heavy atom. The first-order valence-corrected chi connectivity index (χ1v) is 7.04. The molecule has 96 valence electrons. The summed E-state index contributed by atoms with van der Waals surface area (Å²) in [5, 5.41) is 13.0. The Hall–Kier alpha value is -1.20. The van der Waals surface area contributed by atoms with Crippen molar-refractivity contribution >= 4 is 17.3 Å². The van der Waals surface area contributed by atoms with Gasteiger partial charge in [0, 0.05) is 11.7 Å². The number of halogens is 1. The van der Waals surface area contributed by atoms with Crippen LogP contribution in [0.4, 0.5) is 5.69 Å². The predicted molar refractivity (Wildman–Crippen MR) is 75.8 cm³/mol. The lowest BCUT2D eigenvalue weighted by Gasteiger charge is -2.29. The Balaban J connectivity index is 2.02. The van der Waals surface area contributed by atoms with Gasteiger partial charge < -0.3 is 5.32 Å². The summed E-state index contributed by atoms with van der Waals surface area (Å²) in [6.45, 7) is 2.23. The lowest BCUT2D eigenvalue weighted by Crippen LogP contribution is -2.27. The molecule has 1 fully saturated rings. The second-order valence-corrected chi connectivity index (χ2v) is 5.54. The maximum Gasteiger partial charge on any atom is 0.101 e. The Kier molecular flexibility index (Phi) is 4.49. The standard InChI is InChI=1S/C15H19ClN2/c1-11(12-5-3-2-4-6-12)18-14-7-8-15(16)13(9-14)10-17/h7-9,11-12,18H,2-6H2,1H3. The van der Waals surface area contributed by atoms with E-state index in [-0.39, 0.29) is 0 Å². The second-order valence-electron chi connectivity index (χ2n) is 5.14. The summed E-state index contributed by atoms with van der Waals surface area (Å²) in [6, 6.07) is 8.14. The van der Waals surface area contributed by atoms with Gasteiger partial charge >= 0.3 is 0 Å². The van der Waals surface area contributed by atoms with Crippen LogP contribution in [0.5, 0.6) is 0 Å². The predicted octanol–water partition coefficient (Wildman–Crippen LogP) is 4.59. The smallest absolute Gasteiger partial charge is 0.101 e. The first kappa shape index (κ1) is 13.2. The van der Waals surface area contributed by atoms with E-state index < -0.39 is 0 Å². The van der Waals surface area contributed by atoms with Crippen LogP contribution in [-0.2, 0) is 0 Å². The largest absolute Gasteiger partial charge is 0.382 e. The quantitative estimate of drug-likeness (QED) is 0.865. The van der Waals surface area contributed by atoms with E-state index in [1.54, 1.807) is 6.07 Å². The molecule has 0 spiro atoms. The molecular weight excluding hydrogens is 244 g/mol. The first-order chi connectivity index (χ1) is 8.70. The molecule has 0 radical (unpaired) electrons. The molecule has 1 aliphatic carbocycles. The molecule has 2 rings (SSSR count). The normalized spacial score (nSPS) is 18.1. The molecule has 3 heteroatoms. The lowest BCUT2D eigenvalue weighted by atomic mass is 9.84. The Labute approximate surface area is 114 Å². The summed E-state index contributed by atoms with van der Waals surface area (Å²) in [5.74, 6) is 0.750. The Bertz CT molecular complexity index is 444. The summed E-state index contributed by atoms with van der Waals surface area (Å²) in [5.41, 5.74) is 1.53. The maximum atomic E-state index is 8.96. The molecule has 1 atom stereocenters. The highest BCUT2D eigenvalue weighted by atomic mass is 35.5. The second kappa shape index (κ2) is 6.11. The molecule has 2 nitrogen and oxygen atoms in total. The Morgan fingerprint density at radius 3 is 2.72 bits per heavy atom. The van der Waals surface area contributed by atoms with Crippen molar-refractivity contribution in [3.63, 3.8) is 0 Å². The van der Waals surface area contributed by atoms with Gasteiger partial charge in [-0.15, -0.1) is 0 Å². The zero-order chi connectivity index (χ0) is 13.0. The molecule has 1 saturated carbocycles. The molecular formula is C15H19ClN2. The van der Waals surface area contributed by atoms with Crippen LogP contribution in [0.2, 0.25) is 5.02 Å². The monoisotopic (exact) mass is 262 g/mol. The molecule has 1 aliphatic rings. The van der Waals surface area contributed by atoms with E-state index in [2.05, 4.69) is 18.3 Å². The van der Waals surface area contributed by atoms with Gasteiger partial charge in [-0.2, -0.15) is 5.26 Å².